The molecule has 0 spiro atoms. The van der Waals surface area contributed by atoms with Gasteiger partial charge in [0.1, 0.15) is 0 Å². The first-order valence-electron chi connectivity index (χ1n) is 4.02. The van der Waals surface area contributed by atoms with Gasteiger partial charge < -0.3 is 14.6 Å². The summed E-state index contributed by atoms with van der Waals surface area (Å²) < 4.78 is 4.65. The second-order valence-electron chi connectivity index (χ2n) is 2.38. The molecule has 0 aromatic rings. The van der Waals surface area contributed by atoms with Crippen LogP contribution in [-0.2, 0) is 14.3 Å². The fourth-order valence-electron chi connectivity index (χ4n) is 0.772. The van der Waals surface area contributed by atoms with E-state index in [0.29, 0.717) is 25.9 Å². The Morgan fingerprint density at radius 3 is 2.23 bits per heavy atom. The largest absolute Gasteiger partial charge is 1.00 e. The molecule has 0 unspecified atom stereocenters. The van der Waals surface area contributed by atoms with Crippen LogP contribution in [0.3, 0.4) is 0 Å². The molecular formula is C8H13KO4. The van der Waals surface area contributed by atoms with E-state index in [1.165, 1.54) is 0 Å². The smallest absolute Gasteiger partial charge is 0.550 e. The SMILES string of the molecule is CCOC(=O)CCCCC(=O)[O-].[K+]. The molecule has 0 aliphatic rings. The fraction of sp³-hybridized carbons (Fsp3) is 0.750. The van der Waals surface area contributed by atoms with Gasteiger partial charge in [0.25, 0.3) is 0 Å². The van der Waals surface area contributed by atoms with Crippen molar-refractivity contribution in [1.82, 2.24) is 0 Å². The standard InChI is InChI=1S/C8H14O4.K/c1-2-12-8(11)6-4-3-5-7(9)10;/h2-6H2,1H3,(H,9,10);/q;+1/p-1. The van der Waals surface area contributed by atoms with Gasteiger partial charge in [-0.05, 0) is 26.2 Å². The van der Waals surface area contributed by atoms with Crippen LogP contribution < -0.4 is 56.5 Å². The van der Waals surface area contributed by atoms with E-state index in [2.05, 4.69) is 4.74 Å². The van der Waals surface area contributed by atoms with Gasteiger partial charge in [0.2, 0.25) is 0 Å². The van der Waals surface area contributed by atoms with Crippen LogP contribution in [0.5, 0.6) is 0 Å². The van der Waals surface area contributed by atoms with Crippen molar-refractivity contribution in [3.8, 4) is 0 Å². The Hall–Kier alpha value is 0.576. The second-order valence-corrected chi connectivity index (χ2v) is 2.38. The zero-order chi connectivity index (χ0) is 9.40. The third-order valence-electron chi connectivity index (χ3n) is 1.32. The average Bonchev–Trinajstić information content (AvgIpc) is 1.98. The molecule has 0 radical (unpaired) electrons. The fourth-order valence-corrected chi connectivity index (χ4v) is 0.772. The summed E-state index contributed by atoms with van der Waals surface area (Å²) in [7, 11) is 0. The molecule has 0 bridgehead atoms. The van der Waals surface area contributed by atoms with E-state index in [1.807, 2.05) is 0 Å². The molecule has 5 heteroatoms. The van der Waals surface area contributed by atoms with Crippen LogP contribution in [0.2, 0.25) is 0 Å². The Labute approximate surface area is 120 Å². The number of aliphatic carboxylic acids is 1. The van der Waals surface area contributed by atoms with Crippen molar-refractivity contribution in [2.75, 3.05) is 6.61 Å². The molecule has 70 valence electrons. The van der Waals surface area contributed by atoms with E-state index in [4.69, 9.17) is 0 Å². The third-order valence-corrected chi connectivity index (χ3v) is 1.32. The molecular weight excluding hydrogens is 199 g/mol. The molecule has 0 amide bonds. The quantitative estimate of drug-likeness (QED) is 0.265. The van der Waals surface area contributed by atoms with Crippen molar-refractivity contribution < 1.29 is 70.8 Å². The van der Waals surface area contributed by atoms with Gasteiger partial charge in [0.05, 0.1) is 6.61 Å². The summed E-state index contributed by atoms with van der Waals surface area (Å²) in [5, 5.41) is 9.94. The van der Waals surface area contributed by atoms with Crippen LogP contribution in [0, 0.1) is 0 Å². The summed E-state index contributed by atoms with van der Waals surface area (Å²) in [6.45, 7) is 2.11. The topological polar surface area (TPSA) is 66.4 Å². The molecule has 0 aromatic heterocycles. The van der Waals surface area contributed by atoms with Gasteiger partial charge in [-0.2, -0.15) is 0 Å². The van der Waals surface area contributed by atoms with Gasteiger partial charge in [0.15, 0.2) is 0 Å². The minimum absolute atomic E-state index is 0. The van der Waals surface area contributed by atoms with E-state index in [9.17, 15) is 14.7 Å². The Balaban J connectivity index is 0. The number of carbonyl (C=O) groups is 2. The van der Waals surface area contributed by atoms with Gasteiger partial charge in [0, 0.05) is 12.4 Å². The Bertz CT molecular complexity index is 158. The average molecular weight is 212 g/mol. The number of ether oxygens (including phenoxy) is 1. The molecule has 0 heterocycles. The monoisotopic (exact) mass is 212 g/mol. The normalized spacial score (nSPS) is 8.69. The van der Waals surface area contributed by atoms with Crippen molar-refractivity contribution >= 4 is 11.9 Å². The number of esters is 1. The van der Waals surface area contributed by atoms with Gasteiger partial charge in [-0.1, -0.05) is 0 Å². The van der Waals surface area contributed by atoms with Gasteiger partial charge in [-0.25, -0.2) is 0 Å². The van der Waals surface area contributed by atoms with Crippen LogP contribution >= 0.6 is 0 Å². The molecule has 0 fully saturated rings. The number of rotatable bonds is 6. The molecule has 0 aliphatic carbocycles. The molecule has 0 saturated carbocycles. The van der Waals surface area contributed by atoms with Gasteiger partial charge >= 0.3 is 57.4 Å². The van der Waals surface area contributed by atoms with Crippen LogP contribution in [-0.4, -0.2) is 18.5 Å². The van der Waals surface area contributed by atoms with Crippen LogP contribution in [0.25, 0.3) is 0 Å². The summed E-state index contributed by atoms with van der Waals surface area (Å²) in [6.07, 6.45) is 1.33. The zero-order valence-corrected chi connectivity index (χ0v) is 11.3. The molecule has 0 N–H and O–H groups in total. The number of carboxylic acids is 1. The van der Waals surface area contributed by atoms with E-state index < -0.39 is 5.97 Å². The second kappa shape index (κ2) is 10.7. The maximum absolute atomic E-state index is 10.7. The Kier molecular flexibility index (Phi) is 13.1. The summed E-state index contributed by atoms with van der Waals surface area (Å²) in [6, 6.07) is 0. The summed E-state index contributed by atoms with van der Waals surface area (Å²) >= 11 is 0. The maximum atomic E-state index is 10.7. The van der Waals surface area contributed by atoms with E-state index in [0.717, 1.165) is 0 Å². The molecule has 0 atom stereocenters. The van der Waals surface area contributed by atoms with Crippen molar-refractivity contribution in [3.05, 3.63) is 0 Å². The molecule has 0 saturated heterocycles. The Morgan fingerprint density at radius 1 is 1.23 bits per heavy atom. The van der Waals surface area contributed by atoms with Crippen molar-refractivity contribution in [3.63, 3.8) is 0 Å². The number of hydrogen-bond acceptors (Lipinski definition) is 4. The summed E-state index contributed by atoms with van der Waals surface area (Å²) in [4.78, 5) is 20.6. The summed E-state index contributed by atoms with van der Waals surface area (Å²) in [5.74, 6) is -1.34. The van der Waals surface area contributed by atoms with Gasteiger partial charge in [-0.3, -0.25) is 4.79 Å². The summed E-state index contributed by atoms with van der Waals surface area (Å²) in [5.41, 5.74) is 0. The minimum atomic E-state index is -1.07. The Morgan fingerprint density at radius 2 is 1.77 bits per heavy atom. The van der Waals surface area contributed by atoms with Crippen molar-refractivity contribution in [1.29, 1.82) is 0 Å². The zero-order valence-electron chi connectivity index (χ0n) is 8.17. The predicted octanol–water partition coefficient (Wildman–Crippen LogP) is -3.14. The number of carboxylic acid groups (broad SMARTS) is 1. The number of carbonyl (C=O) groups excluding carboxylic acids is 2. The van der Waals surface area contributed by atoms with Crippen LogP contribution in [0.4, 0.5) is 0 Å². The van der Waals surface area contributed by atoms with Crippen molar-refractivity contribution in [2.45, 2.75) is 32.6 Å². The molecule has 0 rings (SSSR count). The maximum Gasteiger partial charge on any atom is 1.00 e. The van der Waals surface area contributed by atoms with E-state index in [1.54, 1.807) is 6.92 Å². The van der Waals surface area contributed by atoms with E-state index in [-0.39, 0.29) is 63.8 Å². The molecule has 0 aliphatic heterocycles. The van der Waals surface area contributed by atoms with E-state index >= 15 is 0 Å². The number of hydrogen-bond donors (Lipinski definition) is 0. The molecule has 0 aromatic carbocycles. The van der Waals surface area contributed by atoms with Crippen LogP contribution in [0.1, 0.15) is 32.6 Å². The minimum Gasteiger partial charge on any atom is -0.550 e. The first kappa shape index (κ1) is 16.0. The predicted molar refractivity (Wildman–Crippen MR) is 40.1 cm³/mol. The molecule has 4 nitrogen and oxygen atoms in total. The third kappa shape index (κ3) is 12.6. The number of unbranched alkanes of at least 4 members (excludes halogenated alkanes) is 1. The first-order chi connectivity index (χ1) is 5.66. The molecule has 13 heavy (non-hydrogen) atoms. The van der Waals surface area contributed by atoms with Crippen molar-refractivity contribution in [2.24, 2.45) is 0 Å². The van der Waals surface area contributed by atoms with Gasteiger partial charge in [-0.15, -0.1) is 0 Å². The van der Waals surface area contributed by atoms with Crippen LogP contribution in [0.15, 0.2) is 0 Å². The first-order valence-corrected chi connectivity index (χ1v) is 4.02.